The van der Waals surface area contributed by atoms with Crippen LogP contribution in [0.25, 0.3) is 0 Å². The van der Waals surface area contributed by atoms with Crippen molar-refractivity contribution in [3.05, 3.63) is 24.0 Å². The molecule has 0 amide bonds. The standard InChI is InChI=1S/C12H18N2O/c1-2-7-15-12-6-5-11(14-9-12)8-13-10-3-4-10/h5-6,9-10,13H,2-4,7-8H2,1H3. The highest BCUT2D eigenvalue weighted by atomic mass is 16.5. The number of hydrogen-bond acceptors (Lipinski definition) is 3. The zero-order valence-corrected chi connectivity index (χ0v) is 9.20. The average Bonchev–Trinajstić information content (AvgIpc) is 3.09. The van der Waals surface area contributed by atoms with E-state index in [1.165, 1.54) is 12.8 Å². The second kappa shape index (κ2) is 5.12. The summed E-state index contributed by atoms with van der Waals surface area (Å²) in [5.74, 6) is 0.868. The van der Waals surface area contributed by atoms with Gasteiger partial charge in [-0.1, -0.05) is 6.92 Å². The van der Waals surface area contributed by atoms with Crippen LogP contribution in [0.15, 0.2) is 18.3 Å². The van der Waals surface area contributed by atoms with E-state index in [-0.39, 0.29) is 0 Å². The molecule has 1 aromatic heterocycles. The van der Waals surface area contributed by atoms with E-state index < -0.39 is 0 Å². The Morgan fingerprint density at radius 2 is 2.33 bits per heavy atom. The van der Waals surface area contributed by atoms with Crippen molar-refractivity contribution in [3.63, 3.8) is 0 Å². The van der Waals surface area contributed by atoms with E-state index >= 15 is 0 Å². The Hall–Kier alpha value is -1.09. The Kier molecular flexibility index (Phi) is 3.56. The lowest BCUT2D eigenvalue weighted by Crippen LogP contribution is -2.16. The molecule has 0 bridgehead atoms. The molecule has 3 nitrogen and oxygen atoms in total. The fraction of sp³-hybridized carbons (Fsp3) is 0.583. The lowest BCUT2D eigenvalue weighted by molar-refractivity contribution is 0.316. The summed E-state index contributed by atoms with van der Waals surface area (Å²) in [6, 6.07) is 4.76. The molecule has 1 N–H and O–H groups in total. The smallest absolute Gasteiger partial charge is 0.137 e. The predicted molar refractivity (Wildman–Crippen MR) is 59.9 cm³/mol. The van der Waals surface area contributed by atoms with Crippen molar-refractivity contribution < 1.29 is 4.74 Å². The van der Waals surface area contributed by atoms with Crippen LogP contribution in [0.2, 0.25) is 0 Å². The molecule has 0 spiro atoms. The zero-order valence-electron chi connectivity index (χ0n) is 9.20. The molecule has 0 aliphatic heterocycles. The number of rotatable bonds is 6. The van der Waals surface area contributed by atoms with Crippen LogP contribution in [0.3, 0.4) is 0 Å². The largest absolute Gasteiger partial charge is 0.492 e. The first kappa shape index (κ1) is 10.4. The van der Waals surface area contributed by atoms with Crippen LogP contribution in [0.1, 0.15) is 31.9 Å². The van der Waals surface area contributed by atoms with Crippen LogP contribution in [-0.2, 0) is 6.54 Å². The van der Waals surface area contributed by atoms with Crippen molar-refractivity contribution in [3.8, 4) is 5.75 Å². The van der Waals surface area contributed by atoms with Gasteiger partial charge in [-0.15, -0.1) is 0 Å². The molecule has 1 saturated carbocycles. The van der Waals surface area contributed by atoms with Gasteiger partial charge in [0.1, 0.15) is 5.75 Å². The lowest BCUT2D eigenvalue weighted by Gasteiger charge is -2.05. The minimum Gasteiger partial charge on any atom is -0.492 e. The zero-order chi connectivity index (χ0) is 10.5. The minimum atomic E-state index is 0.739. The summed E-state index contributed by atoms with van der Waals surface area (Å²) >= 11 is 0. The predicted octanol–water partition coefficient (Wildman–Crippen LogP) is 2.12. The number of nitrogens with zero attached hydrogens (tertiary/aromatic N) is 1. The average molecular weight is 206 g/mol. The van der Waals surface area contributed by atoms with Crippen LogP contribution in [0.4, 0.5) is 0 Å². The van der Waals surface area contributed by atoms with E-state index in [4.69, 9.17) is 4.74 Å². The molecule has 0 atom stereocenters. The molecule has 0 saturated heterocycles. The highest BCUT2D eigenvalue weighted by molar-refractivity contribution is 5.19. The molecule has 0 radical (unpaired) electrons. The van der Waals surface area contributed by atoms with Gasteiger partial charge in [-0.05, 0) is 31.4 Å². The van der Waals surface area contributed by atoms with Gasteiger partial charge in [-0.3, -0.25) is 4.98 Å². The van der Waals surface area contributed by atoms with Gasteiger partial charge in [0.05, 0.1) is 18.5 Å². The normalized spacial score (nSPS) is 15.3. The van der Waals surface area contributed by atoms with Crippen molar-refractivity contribution in [2.45, 2.75) is 38.8 Å². The number of aromatic nitrogens is 1. The molecule has 1 aliphatic carbocycles. The van der Waals surface area contributed by atoms with Crippen molar-refractivity contribution >= 4 is 0 Å². The Morgan fingerprint density at radius 1 is 1.47 bits per heavy atom. The molecule has 1 aromatic rings. The van der Waals surface area contributed by atoms with Crippen molar-refractivity contribution in [2.24, 2.45) is 0 Å². The van der Waals surface area contributed by atoms with Crippen LogP contribution in [-0.4, -0.2) is 17.6 Å². The molecule has 82 valence electrons. The summed E-state index contributed by atoms with van der Waals surface area (Å²) in [5.41, 5.74) is 1.09. The Bertz CT molecular complexity index is 293. The molecule has 1 heterocycles. The molecule has 1 aliphatic rings. The third-order valence-corrected chi connectivity index (χ3v) is 2.42. The van der Waals surface area contributed by atoms with E-state index in [0.717, 1.165) is 37.1 Å². The molecular weight excluding hydrogens is 188 g/mol. The summed E-state index contributed by atoms with van der Waals surface area (Å²) in [4.78, 5) is 4.34. The quantitative estimate of drug-likeness (QED) is 0.774. The molecule has 0 aromatic carbocycles. The fourth-order valence-electron chi connectivity index (χ4n) is 1.36. The number of pyridine rings is 1. The first-order chi connectivity index (χ1) is 7.38. The molecule has 15 heavy (non-hydrogen) atoms. The highest BCUT2D eigenvalue weighted by Gasteiger charge is 2.19. The SMILES string of the molecule is CCCOc1ccc(CNC2CC2)nc1. The number of hydrogen-bond donors (Lipinski definition) is 1. The fourth-order valence-corrected chi connectivity index (χ4v) is 1.36. The van der Waals surface area contributed by atoms with Gasteiger partial charge >= 0.3 is 0 Å². The number of nitrogens with one attached hydrogen (secondary N) is 1. The Labute approximate surface area is 90.9 Å². The molecular formula is C12H18N2O. The van der Waals surface area contributed by atoms with Gasteiger partial charge in [-0.25, -0.2) is 0 Å². The maximum atomic E-state index is 5.47. The summed E-state index contributed by atoms with van der Waals surface area (Å²) < 4.78 is 5.47. The molecule has 2 rings (SSSR count). The first-order valence-corrected chi connectivity index (χ1v) is 5.69. The maximum Gasteiger partial charge on any atom is 0.137 e. The molecule has 1 fully saturated rings. The van der Waals surface area contributed by atoms with Crippen molar-refractivity contribution in [1.82, 2.24) is 10.3 Å². The molecule has 3 heteroatoms. The van der Waals surface area contributed by atoms with E-state index in [0.29, 0.717) is 0 Å². The Morgan fingerprint density at radius 3 is 2.93 bits per heavy atom. The Balaban J connectivity index is 1.79. The van der Waals surface area contributed by atoms with Crippen LogP contribution < -0.4 is 10.1 Å². The van der Waals surface area contributed by atoms with Crippen molar-refractivity contribution in [2.75, 3.05) is 6.61 Å². The first-order valence-electron chi connectivity index (χ1n) is 5.69. The van der Waals surface area contributed by atoms with Crippen LogP contribution >= 0.6 is 0 Å². The van der Waals surface area contributed by atoms with Gasteiger partial charge < -0.3 is 10.1 Å². The van der Waals surface area contributed by atoms with Gasteiger partial charge in [-0.2, -0.15) is 0 Å². The highest BCUT2D eigenvalue weighted by Crippen LogP contribution is 2.19. The van der Waals surface area contributed by atoms with E-state index in [2.05, 4.69) is 17.2 Å². The van der Waals surface area contributed by atoms with E-state index in [9.17, 15) is 0 Å². The maximum absolute atomic E-state index is 5.47. The minimum absolute atomic E-state index is 0.739. The van der Waals surface area contributed by atoms with Gasteiger partial charge in [0.2, 0.25) is 0 Å². The topological polar surface area (TPSA) is 34.1 Å². The van der Waals surface area contributed by atoms with Crippen LogP contribution in [0.5, 0.6) is 5.75 Å². The van der Waals surface area contributed by atoms with Crippen molar-refractivity contribution in [1.29, 1.82) is 0 Å². The number of ether oxygens (including phenoxy) is 1. The van der Waals surface area contributed by atoms with E-state index in [1.807, 2.05) is 12.1 Å². The second-order valence-corrected chi connectivity index (χ2v) is 3.99. The monoisotopic (exact) mass is 206 g/mol. The lowest BCUT2D eigenvalue weighted by atomic mass is 10.3. The summed E-state index contributed by atoms with van der Waals surface area (Å²) in [6.07, 6.45) is 5.47. The second-order valence-electron chi connectivity index (χ2n) is 3.99. The van der Waals surface area contributed by atoms with Gasteiger partial charge in [0.15, 0.2) is 0 Å². The third-order valence-electron chi connectivity index (χ3n) is 2.42. The molecule has 0 unspecified atom stereocenters. The third kappa shape index (κ3) is 3.51. The van der Waals surface area contributed by atoms with Gasteiger partial charge in [0, 0.05) is 12.6 Å². The summed E-state index contributed by atoms with van der Waals surface area (Å²) in [7, 11) is 0. The van der Waals surface area contributed by atoms with Gasteiger partial charge in [0.25, 0.3) is 0 Å². The summed E-state index contributed by atoms with van der Waals surface area (Å²) in [6.45, 7) is 3.74. The van der Waals surface area contributed by atoms with Crippen LogP contribution in [0, 0.1) is 0 Å². The summed E-state index contributed by atoms with van der Waals surface area (Å²) in [5, 5.41) is 3.43. The van der Waals surface area contributed by atoms with E-state index in [1.54, 1.807) is 6.20 Å².